The second-order valence-corrected chi connectivity index (χ2v) is 5.99. The molecule has 1 aliphatic heterocycles. The van der Waals surface area contributed by atoms with Crippen LogP contribution in [0.5, 0.6) is 0 Å². The highest BCUT2D eigenvalue weighted by Gasteiger charge is 2.24. The van der Waals surface area contributed by atoms with Crippen LogP contribution in [0.25, 0.3) is 0 Å². The first-order chi connectivity index (χ1) is 10.2. The zero-order chi connectivity index (χ0) is 14.7. The van der Waals surface area contributed by atoms with E-state index >= 15 is 0 Å². The lowest BCUT2D eigenvalue weighted by Crippen LogP contribution is -2.35. The van der Waals surface area contributed by atoms with Crippen LogP contribution in [0.3, 0.4) is 0 Å². The van der Waals surface area contributed by atoms with Gasteiger partial charge in [0.25, 0.3) is 0 Å². The van der Waals surface area contributed by atoms with Crippen molar-refractivity contribution in [2.75, 3.05) is 13.1 Å². The summed E-state index contributed by atoms with van der Waals surface area (Å²) in [6, 6.07) is 11.6. The molecule has 1 aliphatic rings. The van der Waals surface area contributed by atoms with Gasteiger partial charge in [0.1, 0.15) is 5.82 Å². The Morgan fingerprint density at radius 3 is 2.86 bits per heavy atom. The number of likely N-dealkylation sites (tertiary alicyclic amines) is 1. The highest BCUT2D eigenvalue weighted by atomic mass is 15.2. The van der Waals surface area contributed by atoms with E-state index in [-0.39, 0.29) is 0 Å². The number of imidazole rings is 1. The number of hydrogen-bond acceptors (Lipinski definition) is 3. The minimum absolute atomic E-state index is 0.298. The third-order valence-electron chi connectivity index (χ3n) is 4.25. The van der Waals surface area contributed by atoms with Gasteiger partial charge < -0.3 is 9.88 Å². The van der Waals surface area contributed by atoms with Crippen molar-refractivity contribution in [3.8, 4) is 0 Å². The first kappa shape index (κ1) is 14.3. The van der Waals surface area contributed by atoms with Crippen LogP contribution in [0.15, 0.2) is 42.7 Å². The molecule has 2 aromatic rings. The molecule has 2 unspecified atom stereocenters. The van der Waals surface area contributed by atoms with E-state index in [1.54, 1.807) is 0 Å². The third kappa shape index (κ3) is 3.52. The van der Waals surface area contributed by atoms with Gasteiger partial charge in [-0.1, -0.05) is 30.3 Å². The summed E-state index contributed by atoms with van der Waals surface area (Å²) in [4.78, 5) is 6.96. The fraction of sp³-hybridized carbons (Fsp3) is 0.471. The monoisotopic (exact) mass is 284 g/mol. The standard InChI is InChI=1S/C17H24N4/c1-14(17-18-9-11-20(17)2)19-16-8-10-21(13-16)12-15-6-4-3-5-7-15/h3-7,9,11,14,16,19H,8,10,12-13H2,1-2H3. The van der Waals surface area contributed by atoms with E-state index in [1.165, 1.54) is 18.5 Å². The minimum Gasteiger partial charge on any atom is -0.337 e. The normalized spacial score (nSPS) is 20.8. The van der Waals surface area contributed by atoms with Gasteiger partial charge in [0, 0.05) is 45.1 Å². The maximum Gasteiger partial charge on any atom is 0.125 e. The Morgan fingerprint density at radius 2 is 2.14 bits per heavy atom. The van der Waals surface area contributed by atoms with Crippen LogP contribution in [0.4, 0.5) is 0 Å². The van der Waals surface area contributed by atoms with E-state index in [4.69, 9.17) is 0 Å². The Balaban J connectivity index is 1.52. The summed E-state index contributed by atoms with van der Waals surface area (Å²) in [5.41, 5.74) is 1.40. The van der Waals surface area contributed by atoms with Crippen LogP contribution >= 0.6 is 0 Å². The number of benzene rings is 1. The van der Waals surface area contributed by atoms with Crippen molar-refractivity contribution < 1.29 is 0 Å². The molecule has 1 aromatic carbocycles. The van der Waals surface area contributed by atoms with Gasteiger partial charge in [0.15, 0.2) is 0 Å². The molecule has 2 atom stereocenters. The number of rotatable bonds is 5. The molecule has 0 bridgehead atoms. The molecule has 3 rings (SSSR count). The Morgan fingerprint density at radius 1 is 1.33 bits per heavy atom. The maximum absolute atomic E-state index is 4.43. The van der Waals surface area contributed by atoms with Gasteiger partial charge in [-0.2, -0.15) is 0 Å². The van der Waals surface area contributed by atoms with Crippen molar-refractivity contribution >= 4 is 0 Å². The van der Waals surface area contributed by atoms with Gasteiger partial charge in [-0.25, -0.2) is 4.98 Å². The highest BCUT2D eigenvalue weighted by molar-refractivity contribution is 5.14. The summed E-state index contributed by atoms with van der Waals surface area (Å²) in [6.07, 6.45) is 5.08. The van der Waals surface area contributed by atoms with E-state index in [1.807, 2.05) is 12.4 Å². The summed E-state index contributed by atoms with van der Waals surface area (Å²) in [6.45, 7) is 5.53. The van der Waals surface area contributed by atoms with E-state index in [0.29, 0.717) is 12.1 Å². The van der Waals surface area contributed by atoms with Gasteiger partial charge in [0.05, 0.1) is 6.04 Å². The van der Waals surface area contributed by atoms with Crippen molar-refractivity contribution in [3.05, 3.63) is 54.1 Å². The minimum atomic E-state index is 0.298. The summed E-state index contributed by atoms with van der Waals surface area (Å²) in [5.74, 6) is 1.11. The smallest absolute Gasteiger partial charge is 0.125 e. The number of hydrogen-bond donors (Lipinski definition) is 1. The van der Waals surface area contributed by atoms with Crippen molar-refractivity contribution in [2.45, 2.75) is 32.0 Å². The predicted molar refractivity (Wildman–Crippen MR) is 84.9 cm³/mol. The van der Waals surface area contributed by atoms with Gasteiger partial charge in [0.2, 0.25) is 0 Å². The van der Waals surface area contributed by atoms with E-state index in [2.05, 4.69) is 64.1 Å². The SMILES string of the molecule is CC(NC1CCN(Cc2ccccc2)C1)c1nccn1C. The Bertz CT molecular complexity index is 563. The summed E-state index contributed by atoms with van der Waals surface area (Å²) in [5, 5.41) is 3.71. The lowest BCUT2D eigenvalue weighted by molar-refractivity contribution is 0.315. The molecule has 2 heterocycles. The average molecular weight is 284 g/mol. The van der Waals surface area contributed by atoms with Gasteiger partial charge in [-0.3, -0.25) is 4.90 Å². The molecule has 1 N–H and O–H groups in total. The molecule has 0 spiro atoms. The Labute approximate surface area is 126 Å². The molecule has 0 saturated carbocycles. The summed E-state index contributed by atoms with van der Waals surface area (Å²) in [7, 11) is 2.05. The molecular weight excluding hydrogens is 260 g/mol. The molecule has 1 saturated heterocycles. The molecule has 4 nitrogen and oxygen atoms in total. The number of nitrogens with one attached hydrogen (secondary N) is 1. The largest absolute Gasteiger partial charge is 0.337 e. The molecule has 1 fully saturated rings. The average Bonchev–Trinajstić information content (AvgIpc) is 3.09. The number of aromatic nitrogens is 2. The maximum atomic E-state index is 4.43. The van der Waals surface area contributed by atoms with E-state index < -0.39 is 0 Å². The van der Waals surface area contributed by atoms with Crippen LogP contribution in [0.2, 0.25) is 0 Å². The van der Waals surface area contributed by atoms with Crippen molar-refractivity contribution in [1.82, 2.24) is 19.8 Å². The van der Waals surface area contributed by atoms with Crippen LogP contribution in [-0.2, 0) is 13.6 Å². The zero-order valence-electron chi connectivity index (χ0n) is 12.9. The van der Waals surface area contributed by atoms with E-state index in [0.717, 1.165) is 18.9 Å². The molecule has 0 radical (unpaired) electrons. The predicted octanol–water partition coefficient (Wildman–Crippen LogP) is 2.35. The van der Waals surface area contributed by atoms with E-state index in [9.17, 15) is 0 Å². The second kappa shape index (κ2) is 6.41. The topological polar surface area (TPSA) is 33.1 Å². The van der Waals surface area contributed by atoms with Crippen LogP contribution in [0.1, 0.15) is 30.8 Å². The number of aryl methyl sites for hydroxylation is 1. The lowest BCUT2D eigenvalue weighted by atomic mass is 10.2. The number of nitrogens with zero attached hydrogens (tertiary/aromatic N) is 3. The van der Waals surface area contributed by atoms with Crippen LogP contribution < -0.4 is 5.32 Å². The van der Waals surface area contributed by atoms with Gasteiger partial charge in [-0.15, -0.1) is 0 Å². The second-order valence-electron chi connectivity index (χ2n) is 5.99. The Hall–Kier alpha value is -1.65. The first-order valence-corrected chi connectivity index (χ1v) is 7.72. The zero-order valence-corrected chi connectivity index (χ0v) is 12.9. The molecule has 0 aliphatic carbocycles. The first-order valence-electron chi connectivity index (χ1n) is 7.72. The molecule has 0 amide bonds. The quantitative estimate of drug-likeness (QED) is 0.915. The highest BCUT2D eigenvalue weighted by Crippen LogP contribution is 2.17. The van der Waals surface area contributed by atoms with Gasteiger partial charge in [-0.05, 0) is 18.9 Å². The fourth-order valence-corrected chi connectivity index (χ4v) is 3.18. The molecule has 21 heavy (non-hydrogen) atoms. The lowest BCUT2D eigenvalue weighted by Gasteiger charge is -2.20. The van der Waals surface area contributed by atoms with Crippen molar-refractivity contribution in [1.29, 1.82) is 0 Å². The van der Waals surface area contributed by atoms with Crippen molar-refractivity contribution in [2.24, 2.45) is 7.05 Å². The van der Waals surface area contributed by atoms with Crippen molar-refractivity contribution in [3.63, 3.8) is 0 Å². The van der Waals surface area contributed by atoms with Crippen LogP contribution in [-0.4, -0.2) is 33.6 Å². The molecule has 1 aromatic heterocycles. The third-order valence-corrected chi connectivity index (χ3v) is 4.25. The van der Waals surface area contributed by atoms with Gasteiger partial charge >= 0.3 is 0 Å². The molecule has 4 heteroatoms. The fourth-order valence-electron chi connectivity index (χ4n) is 3.18. The summed E-state index contributed by atoms with van der Waals surface area (Å²) >= 11 is 0. The Kier molecular flexibility index (Phi) is 4.36. The summed E-state index contributed by atoms with van der Waals surface area (Å²) < 4.78 is 2.09. The molecule has 112 valence electrons. The molecular formula is C17H24N4. The van der Waals surface area contributed by atoms with Crippen LogP contribution in [0, 0.1) is 0 Å².